The Balaban J connectivity index is 0.000000671. The predicted molar refractivity (Wildman–Crippen MR) is 49.3 cm³/mol. The van der Waals surface area contributed by atoms with E-state index in [1.807, 2.05) is 13.8 Å². The zero-order valence-electron chi connectivity index (χ0n) is 8.56. The maximum atomic E-state index is 9.24. The monoisotopic (exact) mass is 192 g/mol. The van der Waals surface area contributed by atoms with Crippen molar-refractivity contribution >= 4 is 0 Å². The van der Waals surface area contributed by atoms with Crippen molar-refractivity contribution in [1.82, 2.24) is 0 Å². The van der Waals surface area contributed by atoms with E-state index in [1.165, 1.54) is 7.11 Å². The lowest BCUT2D eigenvalue weighted by Gasteiger charge is -2.30. The second-order valence-electron chi connectivity index (χ2n) is 2.73. The van der Waals surface area contributed by atoms with Crippen LogP contribution in [0.3, 0.4) is 0 Å². The van der Waals surface area contributed by atoms with Crippen LogP contribution in [0.5, 0.6) is 0 Å². The van der Waals surface area contributed by atoms with E-state index < -0.39 is 6.10 Å². The first kappa shape index (κ1) is 12.8. The van der Waals surface area contributed by atoms with Gasteiger partial charge in [-0.2, -0.15) is 0 Å². The fraction of sp³-hybridized carbons (Fsp3) is 1.00. The van der Waals surface area contributed by atoms with Gasteiger partial charge in [0.15, 0.2) is 6.29 Å². The van der Waals surface area contributed by atoms with Crippen molar-refractivity contribution < 1.29 is 19.7 Å². The lowest BCUT2D eigenvalue weighted by atomic mass is 10.1. The molecule has 0 aliphatic carbocycles. The Morgan fingerprint density at radius 3 is 2.46 bits per heavy atom. The molecule has 0 radical (unpaired) electrons. The van der Waals surface area contributed by atoms with E-state index >= 15 is 0 Å². The van der Waals surface area contributed by atoms with Crippen LogP contribution in [0.4, 0.5) is 0 Å². The van der Waals surface area contributed by atoms with Crippen LogP contribution in [0.15, 0.2) is 0 Å². The normalized spacial score (nSPS) is 33.5. The van der Waals surface area contributed by atoms with Crippen LogP contribution >= 0.6 is 0 Å². The highest BCUT2D eigenvalue weighted by atomic mass is 16.7. The van der Waals surface area contributed by atoms with Gasteiger partial charge in [0.25, 0.3) is 0 Å². The summed E-state index contributed by atoms with van der Waals surface area (Å²) in [6, 6.07) is 0. The van der Waals surface area contributed by atoms with Crippen LogP contribution in [-0.4, -0.2) is 42.4 Å². The second-order valence-corrected chi connectivity index (χ2v) is 2.73. The summed E-state index contributed by atoms with van der Waals surface area (Å²) in [7, 11) is 1.52. The van der Waals surface area contributed by atoms with E-state index in [4.69, 9.17) is 14.6 Å². The molecule has 0 aromatic carbocycles. The van der Waals surface area contributed by atoms with Crippen molar-refractivity contribution in [2.24, 2.45) is 0 Å². The van der Waals surface area contributed by atoms with Gasteiger partial charge in [-0.05, 0) is 0 Å². The average molecular weight is 192 g/mol. The van der Waals surface area contributed by atoms with Gasteiger partial charge in [-0.25, -0.2) is 0 Å². The van der Waals surface area contributed by atoms with Crippen LogP contribution in [0.1, 0.15) is 26.7 Å². The minimum Gasteiger partial charge on any atom is -0.394 e. The van der Waals surface area contributed by atoms with Gasteiger partial charge in [0.1, 0.15) is 0 Å². The summed E-state index contributed by atoms with van der Waals surface area (Å²) < 4.78 is 10.1. The maximum absolute atomic E-state index is 9.24. The third-order valence-electron chi connectivity index (χ3n) is 1.81. The van der Waals surface area contributed by atoms with Crippen LogP contribution in [0.2, 0.25) is 0 Å². The lowest BCUT2D eigenvalue weighted by molar-refractivity contribution is -0.210. The molecule has 1 fully saturated rings. The summed E-state index contributed by atoms with van der Waals surface area (Å²) in [5, 5.41) is 18.0. The van der Waals surface area contributed by atoms with E-state index in [9.17, 15) is 5.11 Å². The van der Waals surface area contributed by atoms with Crippen molar-refractivity contribution in [1.29, 1.82) is 0 Å². The fourth-order valence-corrected chi connectivity index (χ4v) is 1.22. The molecule has 0 amide bonds. The van der Waals surface area contributed by atoms with Crippen molar-refractivity contribution in [3.8, 4) is 0 Å². The van der Waals surface area contributed by atoms with Crippen molar-refractivity contribution in [3.63, 3.8) is 0 Å². The number of hydrogen-bond donors (Lipinski definition) is 2. The lowest BCUT2D eigenvalue weighted by Crippen LogP contribution is -2.38. The number of hydrogen-bond acceptors (Lipinski definition) is 4. The molecule has 0 aromatic heterocycles. The highest BCUT2D eigenvalue weighted by Gasteiger charge is 2.27. The summed E-state index contributed by atoms with van der Waals surface area (Å²) in [5.74, 6) is 0. The first-order chi connectivity index (χ1) is 6.26. The number of ether oxygens (including phenoxy) is 2. The van der Waals surface area contributed by atoms with Crippen molar-refractivity contribution in [2.45, 2.75) is 45.2 Å². The number of aliphatic hydroxyl groups excluding tert-OH is 2. The number of rotatable bonds is 2. The smallest absolute Gasteiger partial charge is 0.160 e. The molecule has 13 heavy (non-hydrogen) atoms. The predicted octanol–water partition coefficient (Wildman–Crippen LogP) is 0.517. The number of methoxy groups -OCH3 is 1. The van der Waals surface area contributed by atoms with Gasteiger partial charge in [-0.15, -0.1) is 0 Å². The summed E-state index contributed by atoms with van der Waals surface area (Å²) in [5.41, 5.74) is 0. The summed E-state index contributed by atoms with van der Waals surface area (Å²) in [6.45, 7) is 3.94. The Kier molecular flexibility index (Phi) is 7.17. The van der Waals surface area contributed by atoms with Crippen molar-refractivity contribution in [3.05, 3.63) is 0 Å². The summed E-state index contributed by atoms with van der Waals surface area (Å²) >= 11 is 0. The van der Waals surface area contributed by atoms with E-state index in [-0.39, 0.29) is 19.0 Å². The highest BCUT2D eigenvalue weighted by molar-refractivity contribution is 4.72. The third kappa shape index (κ3) is 4.57. The van der Waals surface area contributed by atoms with Gasteiger partial charge in [0, 0.05) is 20.0 Å². The zero-order valence-corrected chi connectivity index (χ0v) is 8.56. The van der Waals surface area contributed by atoms with E-state index in [2.05, 4.69) is 0 Å². The molecule has 0 saturated carbocycles. The van der Waals surface area contributed by atoms with Gasteiger partial charge in [0.2, 0.25) is 0 Å². The first-order valence-corrected chi connectivity index (χ1v) is 4.73. The average Bonchev–Trinajstić information content (AvgIpc) is 2.20. The van der Waals surface area contributed by atoms with E-state index in [0.717, 1.165) is 0 Å². The summed E-state index contributed by atoms with van der Waals surface area (Å²) in [6.07, 6.45) is -0.0611. The molecule has 4 nitrogen and oxygen atoms in total. The Morgan fingerprint density at radius 1 is 1.38 bits per heavy atom. The Bertz CT molecular complexity index is 106. The summed E-state index contributed by atoms with van der Waals surface area (Å²) in [4.78, 5) is 0. The molecule has 4 heteroatoms. The Morgan fingerprint density at radius 2 is 2.00 bits per heavy atom. The first-order valence-electron chi connectivity index (χ1n) is 4.73. The standard InChI is InChI=1S/C7H14O4.C2H6/c1-10-7-3-5(9)2-6(4-8)11-7;1-2/h5-9H,2-4H2,1H3;1-2H3. The van der Waals surface area contributed by atoms with Crippen molar-refractivity contribution in [2.75, 3.05) is 13.7 Å². The van der Waals surface area contributed by atoms with Crippen LogP contribution < -0.4 is 0 Å². The molecule has 1 aliphatic rings. The molecule has 0 bridgehead atoms. The topological polar surface area (TPSA) is 58.9 Å². The van der Waals surface area contributed by atoms with Gasteiger partial charge >= 0.3 is 0 Å². The quantitative estimate of drug-likeness (QED) is 0.669. The Labute approximate surface area is 79.5 Å². The van der Waals surface area contributed by atoms with Crippen LogP contribution in [0.25, 0.3) is 0 Å². The molecule has 2 N–H and O–H groups in total. The molecule has 3 unspecified atom stereocenters. The SMILES string of the molecule is CC.COC1CC(O)CC(CO)O1. The van der Waals surface area contributed by atoms with Gasteiger partial charge < -0.3 is 19.7 Å². The van der Waals surface area contributed by atoms with E-state index in [1.54, 1.807) is 0 Å². The molecule has 0 aromatic rings. The van der Waals surface area contributed by atoms with Gasteiger partial charge in [-0.3, -0.25) is 0 Å². The number of aliphatic hydroxyl groups is 2. The second kappa shape index (κ2) is 7.26. The molecule has 1 saturated heterocycles. The molecule has 1 rings (SSSR count). The van der Waals surface area contributed by atoms with Crippen LogP contribution in [0, 0.1) is 0 Å². The molecule has 1 aliphatic heterocycles. The molecule has 1 heterocycles. The minimum absolute atomic E-state index is 0.0586. The zero-order chi connectivity index (χ0) is 10.3. The molecule has 80 valence electrons. The van der Waals surface area contributed by atoms with E-state index in [0.29, 0.717) is 12.8 Å². The molecular formula is C9H20O4. The maximum Gasteiger partial charge on any atom is 0.160 e. The van der Waals surface area contributed by atoms with Crippen LogP contribution in [-0.2, 0) is 9.47 Å². The van der Waals surface area contributed by atoms with Gasteiger partial charge in [-0.1, -0.05) is 13.8 Å². The fourth-order valence-electron chi connectivity index (χ4n) is 1.22. The molecule has 0 spiro atoms. The third-order valence-corrected chi connectivity index (χ3v) is 1.81. The molecular weight excluding hydrogens is 172 g/mol. The molecule has 3 atom stereocenters. The largest absolute Gasteiger partial charge is 0.394 e. The Hall–Kier alpha value is -0.160. The highest BCUT2D eigenvalue weighted by Crippen LogP contribution is 2.19. The van der Waals surface area contributed by atoms with Gasteiger partial charge in [0.05, 0.1) is 18.8 Å². The minimum atomic E-state index is -0.411.